The molecule has 13 aromatic rings. The molecule has 9 aromatic heterocycles. The fourth-order valence-corrected chi connectivity index (χ4v) is 15.7. The second-order valence-electron chi connectivity index (χ2n) is 26.9. The van der Waals surface area contributed by atoms with Crippen LogP contribution < -0.4 is 0 Å². The number of halogens is 3. The summed E-state index contributed by atoms with van der Waals surface area (Å²) in [6, 6.07) is 19.3. The van der Waals surface area contributed by atoms with Gasteiger partial charge in [0.15, 0.2) is 0 Å². The van der Waals surface area contributed by atoms with Gasteiger partial charge in [0.2, 0.25) is 0 Å². The Morgan fingerprint density at radius 1 is 0.293 bits per heavy atom. The van der Waals surface area contributed by atoms with Crippen LogP contribution in [0.5, 0.6) is 0 Å². The first-order valence-corrected chi connectivity index (χ1v) is 40.9. The number of unbranched alkanes of at least 4 members (excludes halogenated alkanes) is 16. The monoisotopic (exact) mass is 1340 g/mol. The van der Waals surface area contributed by atoms with Crippen LogP contribution in [-0.2, 0) is 62.5 Å². The molecule has 12 heteroatoms. The quantitative estimate of drug-likeness (QED) is 0.0186. The van der Waals surface area contributed by atoms with Gasteiger partial charge in [-0.25, -0.2) is 9.97 Å². The zero-order valence-electron chi connectivity index (χ0n) is 57.8. The molecule has 0 spiro atoms. The van der Waals surface area contributed by atoms with Crippen LogP contribution in [0.3, 0.4) is 0 Å². The number of aromatic nitrogens is 8. The number of hydrogen-bond donors (Lipinski definition) is 6. The van der Waals surface area contributed by atoms with Crippen LogP contribution in [0.15, 0.2) is 60.9 Å². The molecule has 8 nitrogen and oxygen atoms in total. The molecule has 0 fully saturated rings. The largest absolute Gasteiger partial charge is 1.00 e. The van der Waals surface area contributed by atoms with Crippen molar-refractivity contribution in [2.45, 2.75) is 261 Å². The fraction of sp³-hybridized carbons (Fsp3) is 0.500. The van der Waals surface area contributed by atoms with Crippen LogP contribution in [0.25, 0.3) is 120 Å². The molecular formula is C80H105Cl3FeN8+. The van der Waals surface area contributed by atoms with Crippen molar-refractivity contribution in [2.75, 3.05) is 0 Å². The van der Waals surface area contributed by atoms with Crippen LogP contribution >= 0.6 is 30.3 Å². The molecule has 12 bridgehead atoms. The zero-order valence-corrected chi connectivity index (χ0v) is 60.2. The average molecular weight is 1340 g/mol. The van der Waals surface area contributed by atoms with Gasteiger partial charge < -0.3 is 29.9 Å². The summed E-state index contributed by atoms with van der Waals surface area (Å²) >= 11 is -1.33. The number of fused-ring (bicyclic) bond motifs is 12. The zero-order chi connectivity index (χ0) is 64.3. The third-order valence-corrected chi connectivity index (χ3v) is 20.4. The molecule has 13 rings (SSSR count). The molecule has 0 radical (unpaired) electrons. The Labute approximate surface area is 565 Å². The van der Waals surface area contributed by atoms with E-state index < -0.39 is 11.2 Å². The minimum atomic E-state index is -1.33. The van der Waals surface area contributed by atoms with Crippen molar-refractivity contribution < 1.29 is 12.6 Å². The Morgan fingerprint density at radius 3 is 0.837 bits per heavy atom. The van der Waals surface area contributed by atoms with Gasteiger partial charge in [0, 0.05) is 55.5 Å². The second kappa shape index (κ2) is 32.4. The van der Waals surface area contributed by atoms with E-state index in [9.17, 15) is 0 Å². The summed E-state index contributed by atoms with van der Waals surface area (Å²) in [4.78, 5) is 34.6. The van der Waals surface area contributed by atoms with Gasteiger partial charge in [-0.15, -0.1) is 0 Å². The molecule has 0 aliphatic rings. The van der Waals surface area contributed by atoms with E-state index in [0.29, 0.717) is 0 Å². The molecule has 493 valence electrons. The molecule has 0 amide bonds. The van der Waals surface area contributed by atoms with Gasteiger partial charge in [-0.05, 0) is 196 Å². The number of aryl methyl sites for hydroxylation is 8. The summed E-state index contributed by atoms with van der Waals surface area (Å²) in [5.41, 5.74) is 28.6. The number of hydrogen-bond acceptors (Lipinski definition) is 2. The normalized spacial score (nSPS) is 12.4. The summed E-state index contributed by atoms with van der Waals surface area (Å²) in [6.07, 6.45) is 43.0. The Kier molecular flexibility index (Phi) is 23.9. The predicted octanol–water partition coefficient (Wildman–Crippen LogP) is 26.3. The average Bonchev–Trinajstić information content (AvgIpc) is 1.57. The number of aromatic amines is 6. The van der Waals surface area contributed by atoms with Crippen molar-refractivity contribution in [1.29, 1.82) is 0 Å². The van der Waals surface area contributed by atoms with Crippen molar-refractivity contribution in [3.8, 4) is 0 Å². The SMILES string of the molecule is CCCCCc1c(CCCCC)c2cc3[nH]c2c2nc(cc12)c1cc2c(CCCCC)c(CCCCC)c4cc([nH]c4c2[nH]1)c1cc2c(CCCCC)c(CCCCC)c4cc3nc4c2[nH]1.CCCCCc1c(CCCCC)c2cc[nH]c2c2[nH]ccc12.[Cl][Fe]([Cl])[Cl].[H+]. The van der Waals surface area contributed by atoms with E-state index in [2.05, 4.69) is 146 Å². The van der Waals surface area contributed by atoms with E-state index >= 15 is 0 Å². The van der Waals surface area contributed by atoms with Crippen LogP contribution in [0.1, 0.15) is 255 Å². The Bertz CT molecular complexity index is 3920. The summed E-state index contributed by atoms with van der Waals surface area (Å²) in [5.74, 6) is 0. The van der Waals surface area contributed by atoms with Crippen LogP contribution in [0.2, 0.25) is 0 Å². The molecular weight excluding hydrogens is 1240 g/mol. The number of benzene rings is 4. The van der Waals surface area contributed by atoms with E-state index in [1.54, 1.807) is 16.7 Å². The van der Waals surface area contributed by atoms with E-state index in [0.717, 1.165) is 82.7 Å². The van der Waals surface area contributed by atoms with Crippen molar-refractivity contribution in [3.63, 3.8) is 0 Å². The minimum absolute atomic E-state index is 0. The Morgan fingerprint density at radius 2 is 0.533 bits per heavy atom. The molecule has 0 unspecified atom stereocenters. The van der Waals surface area contributed by atoms with E-state index in [1.165, 1.54) is 271 Å². The van der Waals surface area contributed by atoms with Gasteiger partial charge in [-0.3, -0.25) is 0 Å². The van der Waals surface area contributed by atoms with E-state index in [4.69, 9.17) is 40.3 Å². The second-order valence-corrected chi connectivity index (χ2v) is 32.3. The third-order valence-electron chi connectivity index (χ3n) is 20.4. The van der Waals surface area contributed by atoms with Crippen LogP contribution in [0, 0.1) is 0 Å². The number of rotatable bonds is 32. The smallest absolute Gasteiger partial charge is 1.00 e. The first-order valence-electron chi connectivity index (χ1n) is 36.3. The van der Waals surface area contributed by atoms with Gasteiger partial charge in [-0.1, -0.05) is 158 Å². The summed E-state index contributed by atoms with van der Waals surface area (Å²) in [6.45, 7) is 18.5. The molecule has 0 aliphatic carbocycles. The maximum atomic E-state index is 5.69. The van der Waals surface area contributed by atoms with Crippen LogP contribution in [0.4, 0.5) is 0 Å². The third kappa shape index (κ3) is 14.4. The van der Waals surface area contributed by atoms with Crippen molar-refractivity contribution in [3.05, 3.63) is 105 Å². The summed E-state index contributed by atoms with van der Waals surface area (Å²) < 4.78 is 0. The molecule has 6 N–H and O–H groups in total. The van der Waals surface area contributed by atoms with Crippen LogP contribution in [-0.4, -0.2) is 39.9 Å². The fourth-order valence-electron chi connectivity index (χ4n) is 15.7. The summed E-state index contributed by atoms with van der Waals surface area (Å²) in [5, 5.41) is 11.0. The maximum Gasteiger partial charge on any atom is 1.00 e. The molecule has 92 heavy (non-hydrogen) atoms. The van der Waals surface area contributed by atoms with Gasteiger partial charge in [-0.2, -0.15) is 0 Å². The Balaban J connectivity index is 0.000000292. The number of nitrogens with zero attached hydrogens (tertiary/aromatic N) is 2. The number of nitrogens with one attached hydrogen (secondary N) is 6. The molecule has 0 atom stereocenters. The minimum Gasteiger partial charge on any atom is 1.00 e. The maximum absolute atomic E-state index is 5.69. The Hall–Kier alpha value is -5.41. The molecule has 0 saturated heterocycles. The first-order chi connectivity index (χ1) is 45.1. The summed E-state index contributed by atoms with van der Waals surface area (Å²) in [7, 11) is 14.7. The number of H-pyrrole nitrogens is 6. The standard InChI is InChI=1S/C60H76N6.C20H28N2.3ClH.Fe/c1-7-13-19-25-37-38(26-20-14-8-2)44-32-50-52-34-46-41(29-23-17-11-5)42(30-24-18-12-6)48-36-54(66-60(48)59(46)64-52)53-35-47-40(28-22-16-10-4)39(27-21-15-9-3)45-33-51(63-57(45)58(47)65-53)49-31-43(37)55(61-49)56(44)62-50;1-3-5-7-9-15-16(10-8-6-4-2)18-12-14-22-20(18)19-17(15)11-13-21-19;;;;/h31-36,61-63,66H,7-30H2,1-6H3;11-14,21-22H,3-10H2,1-2H3;3*1H;/q;;;;;+3/p-2. The molecule has 4 aromatic carbocycles. The topological polar surface area (TPSA) is 121 Å². The van der Waals surface area contributed by atoms with Crippen molar-refractivity contribution >= 4 is 151 Å². The van der Waals surface area contributed by atoms with E-state index in [-0.39, 0.29) is 1.43 Å². The van der Waals surface area contributed by atoms with Gasteiger partial charge in [0.05, 0.1) is 77.2 Å². The van der Waals surface area contributed by atoms with Crippen molar-refractivity contribution in [1.82, 2.24) is 39.9 Å². The van der Waals surface area contributed by atoms with Gasteiger partial charge >= 0.3 is 42.9 Å². The van der Waals surface area contributed by atoms with E-state index in [1.807, 2.05) is 0 Å². The molecule has 0 saturated carbocycles. The van der Waals surface area contributed by atoms with Crippen molar-refractivity contribution in [2.24, 2.45) is 0 Å². The predicted molar refractivity (Wildman–Crippen MR) is 403 cm³/mol. The first kappa shape index (κ1) is 68.0. The van der Waals surface area contributed by atoms with Gasteiger partial charge in [0.25, 0.3) is 0 Å². The molecule has 0 aliphatic heterocycles. The molecule has 9 heterocycles. The van der Waals surface area contributed by atoms with Gasteiger partial charge in [0.1, 0.15) is 0 Å².